The summed E-state index contributed by atoms with van der Waals surface area (Å²) in [6.07, 6.45) is 0.699. The summed E-state index contributed by atoms with van der Waals surface area (Å²) in [4.78, 5) is 4.20. The Morgan fingerprint density at radius 2 is 2.06 bits per heavy atom. The van der Waals surface area contributed by atoms with Crippen molar-refractivity contribution in [3.05, 3.63) is 41.5 Å². The molecule has 2 aromatic rings. The predicted molar refractivity (Wildman–Crippen MR) is 68.4 cm³/mol. The van der Waals surface area contributed by atoms with Crippen molar-refractivity contribution in [2.75, 3.05) is 19.0 Å². The molecule has 2 rings (SSSR count). The van der Waals surface area contributed by atoms with E-state index < -0.39 is 0 Å². The van der Waals surface area contributed by atoms with Gasteiger partial charge in [-0.05, 0) is 19.1 Å². The van der Waals surface area contributed by atoms with Crippen molar-refractivity contribution in [1.82, 2.24) is 10.1 Å². The van der Waals surface area contributed by atoms with Gasteiger partial charge in [-0.15, -0.1) is 0 Å². The molecular formula is C13H17N3O2. The zero-order chi connectivity index (χ0) is 12.8. The monoisotopic (exact) mass is 247 g/mol. The molecule has 1 N–H and O–H groups in total. The van der Waals surface area contributed by atoms with Crippen LogP contribution in [0.4, 0.5) is 5.69 Å². The summed E-state index contributed by atoms with van der Waals surface area (Å²) in [5, 5.41) is 7.11. The summed E-state index contributed by atoms with van der Waals surface area (Å²) < 4.78 is 10.0. The lowest BCUT2D eigenvalue weighted by atomic mass is 10.2. The van der Waals surface area contributed by atoms with Crippen molar-refractivity contribution in [2.24, 2.45) is 0 Å². The molecule has 0 bridgehead atoms. The van der Waals surface area contributed by atoms with E-state index in [1.807, 2.05) is 0 Å². The van der Waals surface area contributed by atoms with Crippen LogP contribution in [0.3, 0.4) is 0 Å². The number of hydrogen-bond acceptors (Lipinski definition) is 5. The van der Waals surface area contributed by atoms with Gasteiger partial charge < -0.3 is 14.6 Å². The highest BCUT2D eigenvalue weighted by Gasteiger charge is 2.05. The van der Waals surface area contributed by atoms with Crippen molar-refractivity contribution >= 4 is 5.69 Å². The van der Waals surface area contributed by atoms with Crippen LogP contribution < -0.4 is 5.32 Å². The first-order valence-corrected chi connectivity index (χ1v) is 5.89. The van der Waals surface area contributed by atoms with Crippen LogP contribution in [0, 0.1) is 6.92 Å². The number of anilines is 1. The Bertz CT molecular complexity index is 479. The van der Waals surface area contributed by atoms with Gasteiger partial charge in [-0.25, -0.2) is 0 Å². The lowest BCUT2D eigenvalue weighted by molar-refractivity contribution is 0.174. The number of aryl methyl sites for hydroxylation is 1. The number of rotatable bonds is 6. The Hall–Kier alpha value is -1.88. The molecule has 1 aromatic carbocycles. The highest BCUT2D eigenvalue weighted by Crippen LogP contribution is 2.08. The standard InChI is InChI=1S/C13H17N3O2/c1-10-3-5-11(6-4-10)14-8-7-13-15-12(9-17-2)16-18-13/h3-6,14H,7-9H2,1-2H3. The SMILES string of the molecule is COCc1noc(CCNc2ccc(C)cc2)n1. The molecule has 5 heteroatoms. The molecule has 96 valence electrons. The Morgan fingerprint density at radius 1 is 1.28 bits per heavy atom. The van der Waals surface area contributed by atoms with Crippen LogP contribution in [-0.4, -0.2) is 23.8 Å². The van der Waals surface area contributed by atoms with Crippen LogP contribution in [-0.2, 0) is 17.8 Å². The largest absolute Gasteiger partial charge is 0.385 e. The van der Waals surface area contributed by atoms with Gasteiger partial charge in [-0.2, -0.15) is 4.98 Å². The van der Waals surface area contributed by atoms with Crippen molar-refractivity contribution in [3.63, 3.8) is 0 Å². The first-order chi connectivity index (χ1) is 8.78. The van der Waals surface area contributed by atoms with Crippen LogP contribution in [0.1, 0.15) is 17.3 Å². The summed E-state index contributed by atoms with van der Waals surface area (Å²) in [5.41, 5.74) is 2.35. The lowest BCUT2D eigenvalue weighted by Crippen LogP contribution is -2.05. The molecule has 0 aliphatic heterocycles. The first kappa shape index (κ1) is 12.6. The number of aromatic nitrogens is 2. The van der Waals surface area contributed by atoms with E-state index in [0.717, 1.165) is 12.2 Å². The third-order valence-electron chi connectivity index (χ3n) is 2.50. The maximum Gasteiger partial charge on any atom is 0.228 e. The average molecular weight is 247 g/mol. The van der Waals surface area contributed by atoms with Crippen LogP contribution in [0.5, 0.6) is 0 Å². The molecule has 5 nitrogen and oxygen atoms in total. The number of benzene rings is 1. The number of nitrogens with zero attached hydrogens (tertiary/aromatic N) is 2. The van der Waals surface area contributed by atoms with E-state index in [0.29, 0.717) is 24.7 Å². The van der Waals surface area contributed by atoms with Gasteiger partial charge in [0, 0.05) is 25.8 Å². The average Bonchev–Trinajstić information content (AvgIpc) is 2.80. The van der Waals surface area contributed by atoms with Gasteiger partial charge in [0.1, 0.15) is 6.61 Å². The van der Waals surface area contributed by atoms with E-state index in [1.54, 1.807) is 7.11 Å². The quantitative estimate of drug-likeness (QED) is 0.847. The predicted octanol–water partition coefficient (Wildman–Crippen LogP) is 2.18. The molecule has 1 aromatic heterocycles. The second kappa shape index (κ2) is 6.16. The van der Waals surface area contributed by atoms with E-state index in [4.69, 9.17) is 9.26 Å². The number of methoxy groups -OCH3 is 1. The Morgan fingerprint density at radius 3 is 2.78 bits per heavy atom. The molecule has 0 radical (unpaired) electrons. The van der Waals surface area contributed by atoms with Gasteiger partial charge in [0.05, 0.1) is 0 Å². The Labute approximate surface area is 106 Å². The molecule has 1 heterocycles. The number of nitrogens with one attached hydrogen (secondary N) is 1. The minimum atomic E-state index is 0.384. The smallest absolute Gasteiger partial charge is 0.228 e. The zero-order valence-corrected chi connectivity index (χ0v) is 10.6. The van der Waals surface area contributed by atoms with Crippen LogP contribution >= 0.6 is 0 Å². The number of ether oxygens (including phenoxy) is 1. The lowest BCUT2D eigenvalue weighted by Gasteiger charge is -2.04. The van der Waals surface area contributed by atoms with E-state index in [9.17, 15) is 0 Å². The van der Waals surface area contributed by atoms with E-state index in [-0.39, 0.29) is 0 Å². The second-order valence-electron chi connectivity index (χ2n) is 4.08. The van der Waals surface area contributed by atoms with Gasteiger partial charge in [-0.3, -0.25) is 0 Å². The first-order valence-electron chi connectivity index (χ1n) is 5.89. The second-order valence-corrected chi connectivity index (χ2v) is 4.08. The molecular weight excluding hydrogens is 230 g/mol. The summed E-state index contributed by atoms with van der Waals surface area (Å²) in [6.45, 7) is 3.21. The topological polar surface area (TPSA) is 60.2 Å². The summed E-state index contributed by atoms with van der Waals surface area (Å²) in [7, 11) is 1.61. The van der Waals surface area contributed by atoms with Crippen molar-refractivity contribution < 1.29 is 9.26 Å². The van der Waals surface area contributed by atoms with Crippen molar-refractivity contribution in [3.8, 4) is 0 Å². The van der Waals surface area contributed by atoms with Crippen LogP contribution in [0.15, 0.2) is 28.8 Å². The minimum Gasteiger partial charge on any atom is -0.385 e. The fourth-order valence-electron chi connectivity index (χ4n) is 1.56. The molecule has 0 fully saturated rings. The normalized spacial score (nSPS) is 10.6. The van der Waals surface area contributed by atoms with Gasteiger partial charge >= 0.3 is 0 Å². The fraction of sp³-hybridized carbons (Fsp3) is 0.385. The van der Waals surface area contributed by atoms with Crippen molar-refractivity contribution in [1.29, 1.82) is 0 Å². The molecule has 0 unspecified atom stereocenters. The van der Waals surface area contributed by atoms with Gasteiger partial charge in [0.15, 0.2) is 5.82 Å². The van der Waals surface area contributed by atoms with E-state index in [2.05, 4.69) is 46.6 Å². The zero-order valence-electron chi connectivity index (χ0n) is 10.6. The summed E-state index contributed by atoms with van der Waals surface area (Å²) in [6, 6.07) is 8.26. The van der Waals surface area contributed by atoms with Gasteiger partial charge in [0.25, 0.3) is 0 Å². The Kier molecular flexibility index (Phi) is 4.30. The molecule has 0 saturated carbocycles. The molecule has 0 amide bonds. The third kappa shape index (κ3) is 3.56. The molecule has 0 atom stereocenters. The molecule has 0 saturated heterocycles. The third-order valence-corrected chi connectivity index (χ3v) is 2.50. The molecule has 0 aliphatic carbocycles. The van der Waals surface area contributed by atoms with Crippen LogP contribution in [0.25, 0.3) is 0 Å². The maximum absolute atomic E-state index is 5.09. The van der Waals surface area contributed by atoms with Crippen LogP contribution in [0.2, 0.25) is 0 Å². The fourth-order valence-corrected chi connectivity index (χ4v) is 1.56. The number of hydrogen-bond donors (Lipinski definition) is 1. The highest BCUT2D eigenvalue weighted by molar-refractivity contribution is 5.44. The maximum atomic E-state index is 5.09. The van der Waals surface area contributed by atoms with E-state index in [1.165, 1.54) is 5.56 Å². The van der Waals surface area contributed by atoms with Crippen molar-refractivity contribution in [2.45, 2.75) is 20.0 Å². The van der Waals surface area contributed by atoms with E-state index >= 15 is 0 Å². The molecule has 18 heavy (non-hydrogen) atoms. The Balaban J connectivity index is 1.79. The highest BCUT2D eigenvalue weighted by atomic mass is 16.5. The minimum absolute atomic E-state index is 0.384. The molecule has 0 aliphatic rings. The summed E-state index contributed by atoms with van der Waals surface area (Å²) in [5.74, 6) is 1.21. The van der Waals surface area contributed by atoms with Gasteiger partial charge in [-0.1, -0.05) is 22.9 Å². The van der Waals surface area contributed by atoms with Gasteiger partial charge in [0.2, 0.25) is 5.89 Å². The molecule has 0 spiro atoms. The summed E-state index contributed by atoms with van der Waals surface area (Å²) >= 11 is 0.